The van der Waals surface area contributed by atoms with E-state index in [1.54, 1.807) is 0 Å². The Hall–Kier alpha value is -1.13. The minimum Gasteiger partial charge on any atom is -0.479 e. The van der Waals surface area contributed by atoms with Crippen molar-refractivity contribution in [3.05, 3.63) is 34.6 Å². The van der Waals surface area contributed by atoms with Crippen molar-refractivity contribution in [3.63, 3.8) is 0 Å². The summed E-state index contributed by atoms with van der Waals surface area (Å²) >= 11 is 5.49. The molecule has 0 fully saturated rings. The third-order valence-electron chi connectivity index (χ3n) is 1.49. The molecule has 5 heteroatoms. The van der Waals surface area contributed by atoms with Crippen LogP contribution in [0.25, 0.3) is 0 Å². The van der Waals surface area contributed by atoms with Crippen LogP contribution in [0.5, 0.6) is 0 Å². The van der Waals surface area contributed by atoms with Gasteiger partial charge < -0.3 is 10.2 Å². The van der Waals surface area contributed by atoms with E-state index < -0.39 is 17.9 Å². The number of halogens is 2. The summed E-state index contributed by atoms with van der Waals surface area (Å²) in [5.74, 6) is -2.31. The van der Waals surface area contributed by atoms with Crippen LogP contribution in [0, 0.1) is 5.82 Å². The molecule has 0 heterocycles. The Labute approximate surface area is 78.4 Å². The van der Waals surface area contributed by atoms with E-state index in [0.717, 1.165) is 12.1 Å². The van der Waals surface area contributed by atoms with E-state index in [4.69, 9.17) is 21.8 Å². The van der Waals surface area contributed by atoms with Crippen molar-refractivity contribution in [3.8, 4) is 0 Å². The van der Waals surface area contributed by atoms with E-state index in [1.165, 1.54) is 6.07 Å². The van der Waals surface area contributed by atoms with Crippen LogP contribution in [-0.2, 0) is 4.79 Å². The zero-order chi connectivity index (χ0) is 10.0. The van der Waals surface area contributed by atoms with E-state index in [-0.39, 0.29) is 10.6 Å². The van der Waals surface area contributed by atoms with E-state index in [9.17, 15) is 9.18 Å². The molecule has 0 bridgehead atoms. The summed E-state index contributed by atoms with van der Waals surface area (Å²) in [6, 6.07) is 3.36. The van der Waals surface area contributed by atoms with Gasteiger partial charge in [0.1, 0.15) is 5.82 Å². The molecule has 0 aromatic heterocycles. The van der Waals surface area contributed by atoms with Crippen LogP contribution in [0.3, 0.4) is 0 Å². The lowest BCUT2D eigenvalue weighted by atomic mass is 10.1. The van der Waals surface area contributed by atoms with E-state index >= 15 is 0 Å². The highest BCUT2D eigenvalue weighted by molar-refractivity contribution is 6.30. The summed E-state index contributed by atoms with van der Waals surface area (Å²) in [6.45, 7) is 0. The molecule has 13 heavy (non-hydrogen) atoms. The molecule has 70 valence electrons. The van der Waals surface area contributed by atoms with Gasteiger partial charge >= 0.3 is 5.97 Å². The molecule has 0 aliphatic heterocycles. The SMILES string of the molecule is O=C(O)[C@H](O)c1cc(Cl)ccc1F. The molecule has 0 aliphatic carbocycles. The molecule has 0 aliphatic rings. The van der Waals surface area contributed by atoms with Gasteiger partial charge in [0.05, 0.1) is 0 Å². The molecule has 0 saturated carbocycles. The van der Waals surface area contributed by atoms with Gasteiger partial charge in [-0.1, -0.05) is 11.6 Å². The van der Waals surface area contributed by atoms with Gasteiger partial charge in [0.15, 0.2) is 6.10 Å². The molecule has 0 radical (unpaired) electrons. The highest BCUT2D eigenvalue weighted by Crippen LogP contribution is 2.21. The second-order valence-electron chi connectivity index (χ2n) is 2.41. The molecule has 1 aromatic rings. The molecule has 0 spiro atoms. The number of aliphatic hydroxyl groups is 1. The monoisotopic (exact) mass is 204 g/mol. The zero-order valence-corrected chi connectivity index (χ0v) is 7.12. The van der Waals surface area contributed by atoms with Crippen molar-refractivity contribution in [1.82, 2.24) is 0 Å². The highest BCUT2D eigenvalue weighted by Gasteiger charge is 2.19. The lowest BCUT2D eigenvalue weighted by molar-refractivity contribution is -0.147. The molecule has 1 rings (SSSR count). The van der Waals surface area contributed by atoms with Crippen LogP contribution in [0.15, 0.2) is 18.2 Å². The number of rotatable bonds is 2. The predicted molar refractivity (Wildman–Crippen MR) is 44.0 cm³/mol. The first-order valence-electron chi connectivity index (χ1n) is 3.38. The third kappa shape index (κ3) is 2.17. The van der Waals surface area contributed by atoms with Crippen LogP contribution in [0.4, 0.5) is 4.39 Å². The lowest BCUT2D eigenvalue weighted by Crippen LogP contribution is -2.12. The fourth-order valence-corrected chi connectivity index (χ4v) is 1.04. The van der Waals surface area contributed by atoms with Gasteiger partial charge in [0.2, 0.25) is 0 Å². The molecule has 0 amide bonds. The molecular formula is C8H6ClFO3. The van der Waals surface area contributed by atoms with Gasteiger partial charge in [-0.05, 0) is 18.2 Å². The Morgan fingerprint density at radius 2 is 2.15 bits per heavy atom. The first-order chi connectivity index (χ1) is 6.02. The highest BCUT2D eigenvalue weighted by atomic mass is 35.5. The number of hydrogen-bond acceptors (Lipinski definition) is 2. The normalized spacial score (nSPS) is 12.5. The quantitative estimate of drug-likeness (QED) is 0.769. The summed E-state index contributed by atoms with van der Waals surface area (Å²) < 4.78 is 12.9. The Kier molecular flexibility index (Phi) is 2.85. The number of hydrogen-bond donors (Lipinski definition) is 2. The third-order valence-corrected chi connectivity index (χ3v) is 1.72. The van der Waals surface area contributed by atoms with Crippen LogP contribution in [-0.4, -0.2) is 16.2 Å². The summed E-state index contributed by atoms with van der Waals surface area (Å²) in [5, 5.41) is 17.6. The number of carbonyl (C=O) groups is 1. The second kappa shape index (κ2) is 3.72. The van der Waals surface area contributed by atoms with E-state index in [0.29, 0.717) is 0 Å². The average Bonchev–Trinajstić information content (AvgIpc) is 2.08. The average molecular weight is 205 g/mol. The molecule has 1 aromatic carbocycles. The Morgan fingerprint density at radius 3 is 2.69 bits per heavy atom. The first kappa shape index (κ1) is 9.95. The number of aliphatic hydroxyl groups excluding tert-OH is 1. The zero-order valence-electron chi connectivity index (χ0n) is 6.37. The predicted octanol–water partition coefficient (Wildman–Crippen LogP) is 1.60. The van der Waals surface area contributed by atoms with Gasteiger partial charge in [-0.25, -0.2) is 9.18 Å². The molecule has 0 unspecified atom stereocenters. The summed E-state index contributed by atoms with van der Waals surface area (Å²) in [5.41, 5.74) is -0.333. The number of aliphatic carboxylic acids is 1. The number of benzene rings is 1. The minimum absolute atomic E-state index is 0.178. The largest absolute Gasteiger partial charge is 0.479 e. The van der Waals surface area contributed by atoms with E-state index in [2.05, 4.69) is 0 Å². The van der Waals surface area contributed by atoms with Gasteiger partial charge in [-0.2, -0.15) is 0 Å². The Bertz CT molecular complexity index is 340. The summed E-state index contributed by atoms with van der Waals surface area (Å²) in [7, 11) is 0. The standard InChI is InChI=1S/C8H6ClFO3/c9-4-1-2-6(10)5(3-4)7(11)8(12)13/h1-3,7,11H,(H,12,13)/t7-/m1/s1. The first-order valence-corrected chi connectivity index (χ1v) is 3.76. The van der Waals surface area contributed by atoms with Gasteiger partial charge in [0.25, 0.3) is 0 Å². The van der Waals surface area contributed by atoms with Crippen molar-refractivity contribution in [2.24, 2.45) is 0 Å². The maximum Gasteiger partial charge on any atom is 0.337 e. The molecule has 1 atom stereocenters. The van der Waals surface area contributed by atoms with E-state index in [1.807, 2.05) is 0 Å². The van der Waals surface area contributed by atoms with Crippen molar-refractivity contribution in [2.75, 3.05) is 0 Å². The maximum absolute atomic E-state index is 12.9. The van der Waals surface area contributed by atoms with Crippen LogP contribution in [0.2, 0.25) is 5.02 Å². The maximum atomic E-state index is 12.9. The van der Waals surface area contributed by atoms with Crippen molar-refractivity contribution < 1.29 is 19.4 Å². The Morgan fingerprint density at radius 1 is 1.54 bits per heavy atom. The summed E-state index contributed by atoms with van der Waals surface area (Å²) in [4.78, 5) is 10.3. The summed E-state index contributed by atoms with van der Waals surface area (Å²) in [6.07, 6.45) is -1.88. The van der Waals surface area contributed by atoms with Crippen molar-refractivity contribution in [1.29, 1.82) is 0 Å². The smallest absolute Gasteiger partial charge is 0.337 e. The topological polar surface area (TPSA) is 57.5 Å². The van der Waals surface area contributed by atoms with Gasteiger partial charge in [-0.15, -0.1) is 0 Å². The Balaban J connectivity index is 3.12. The number of carboxylic acids is 1. The number of carboxylic acid groups (broad SMARTS) is 1. The molecule has 2 N–H and O–H groups in total. The minimum atomic E-state index is -1.88. The van der Waals surface area contributed by atoms with Gasteiger partial charge in [0, 0.05) is 10.6 Å². The second-order valence-corrected chi connectivity index (χ2v) is 2.84. The lowest BCUT2D eigenvalue weighted by Gasteiger charge is -2.06. The van der Waals surface area contributed by atoms with Crippen LogP contribution >= 0.6 is 11.6 Å². The van der Waals surface area contributed by atoms with Crippen LogP contribution < -0.4 is 0 Å². The molecule has 0 saturated heterocycles. The fourth-order valence-electron chi connectivity index (χ4n) is 0.857. The van der Waals surface area contributed by atoms with Crippen molar-refractivity contribution >= 4 is 17.6 Å². The van der Waals surface area contributed by atoms with Crippen molar-refractivity contribution in [2.45, 2.75) is 6.10 Å². The molecular weight excluding hydrogens is 199 g/mol. The van der Waals surface area contributed by atoms with Crippen LogP contribution in [0.1, 0.15) is 11.7 Å². The fraction of sp³-hybridized carbons (Fsp3) is 0.125. The molecule has 3 nitrogen and oxygen atoms in total. The van der Waals surface area contributed by atoms with Gasteiger partial charge in [-0.3, -0.25) is 0 Å².